The quantitative estimate of drug-likeness (QED) is 0.585. The van der Waals surface area contributed by atoms with Crippen molar-refractivity contribution < 1.29 is 4.39 Å². The van der Waals surface area contributed by atoms with E-state index < -0.39 is 0 Å². The Hall–Kier alpha value is -2.70. The van der Waals surface area contributed by atoms with Gasteiger partial charge in [0.15, 0.2) is 5.65 Å². The van der Waals surface area contributed by atoms with E-state index in [1.54, 1.807) is 18.3 Å². The van der Waals surface area contributed by atoms with Crippen LogP contribution in [0, 0.1) is 11.7 Å². The molecule has 4 rings (SSSR count). The number of benzene rings is 1. The Morgan fingerprint density at radius 2 is 1.93 bits per heavy atom. The monoisotopic (exact) mass is 384 g/mol. The molecule has 0 amide bonds. The van der Waals surface area contributed by atoms with Gasteiger partial charge in [-0.2, -0.15) is 4.98 Å². The Balaban J connectivity index is 0.00000225. The summed E-state index contributed by atoms with van der Waals surface area (Å²) in [5.41, 5.74) is 1.93. The first kappa shape index (κ1) is 20.0. The first-order valence-corrected chi connectivity index (χ1v) is 9.62. The molecule has 0 spiro atoms. The van der Waals surface area contributed by atoms with Gasteiger partial charge in [-0.15, -0.1) is 0 Å². The molecule has 6 nitrogen and oxygen atoms in total. The van der Waals surface area contributed by atoms with Crippen LogP contribution in [0.4, 0.5) is 22.0 Å². The standard InChI is InChI=1S/C20H25FN6.CH4/c1-13(2)11-22-19-23-12-17-18(26-19)27(14-7-3-4-8-14)20(25-17)24-16-10-6-5-9-15(16)21;/h5-6,9-10,12-14H,3-4,7-8,11H2,1-2H3,(H,24,25)(H,22,23,26);1H4. The molecule has 7 heteroatoms. The number of aromatic nitrogens is 4. The molecule has 1 fully saturated rings. The van der Waals surface area contributed by atoms with E-state index in [1.807, 2.05) is 6.07 Å². The zero-order valence-electron chi connectivity index (χ0n) is 15.7. The number of anilines is 3. The molecule has 0 atom stereocenters. The third-order valence-electron chi connectivity index (χ3n) is 4.91. The van der Waals surface area contributed by atoms with E-state index in [1.165, 1.54) is 18.9 Å². The van der Waals surface area contributed by atoms with Gasteiger partial charge in [0.05, 0.1) is 11.9 Å². The number of para-hydroxylation sites is 1. The summed E-state index contributed by atoms with van der Waals surface area (Å²) in [5.74, 6) is 1.43. The highest BCUT2D eigenvalue weighted by Gasteiger charge is 2.24. The van der Waals surface area contributed by atoms with Crippen LogP contribution < -0.4 is 10.6 Å². The second-order valence-electron chi connectivity index (χ2n) is 7.53. The number of hydrogen-bond donors (Lipinski definition) is 2. The van der Waals surface area contributed by atoms with Crippen molar-refractivity contribution in [1.29, 1.82) is 0 Å². The van der Waals surface area contributed by atoms with E-state index in [0.29, 0.717) is 29.5 Å². The Kier molecular flexibility index (Phi) is 6.11. The third kappa shape index (κ3) is 4.08. The molecule has 0 bridgehead atoms. The highest BCUT2D eigenvalue weighted by atomic mass is 19.1. The van der Waals surface area contributed by atoms with E-state index in [2.05, 4.69) is 39.0 Å². The predicted molar refractivity (Wildman–Crippen MR) is 113 cm³/mol. The Labute approximate surface area is 165 Å². The lowest BCUT2D eigenvalue weighted by molar-refractivity contribution is 0.535. The molecule has 150 valence electrons. The number of imidazole rings is 1. The fourth-order valence-electron chi connectivity index (χ4n) is 3.55. The van der Waals surface area contributed by atoms with E-state index >= 15 is 0 Å². The summed E-state index contributed by atoms with van der Waals surface area (Å²) in [6, 6.07) is 6.96. The minimum atomic E-state index is -0.298. The van der Waals surface area contributed by atoms with Crippen LogP contribution in [0.1, 0.15) is 53.0 Å². The molecule has 0 radical (unpaired) electrons. The fourth-order valence-corrected chi connectivity index (χ4v) is 3.55. The second kappa shape index (κ2) is 8.54. The Bertz CT molecular complexity index is 930. The molecule has 1 aliphatic carbocycles. The fraction of sp³-hybridized carbons (Fsp3) is 0.476. The number of nitrogens with one attached hydrogen (secondary N) is 2. The molecule has 0 aliphatic heterocycles. The van der Waals surface area contributed by atoms with Crippen LogP contribution in [0.15, 0.2) is 30.5 Å². The molecule has 1 aromatic carbocycles. The van der Waals surface area contributed by atoms with Crippen LogP contribution in [-0.2, 0) is 0 Å². The third-order valence-corrected chi connectivity index (χ3v) is 4.91. The largest absolute Gasteiger partial charge is 0.354 e. The van der Waals surface area contributed by atoms with Crippen LogP contribution in [0.3, 0.4) is 0 Å². The van der Waals surface area contributed by atoms with Crippen LogP contribution in [0.2, 0.25) is 0 Å². The second-order valence-corrected chi connectivity index (χ2v) is 7.53. The van der Waals surface area contributed by atoms with Crippen molar-refractivity contribution in [3.63, 3.8) is 0 Å². The molecule has 2 N–H and O–H groups in total. The average molecular weight is 385 g/mol. The summed E-state index contributed by atoms with van der Waals surface area (Å²) in [4.78, 5) is 13.8. The first-order chi connectivity index (χ1) is 13.1. The lowest BCUT2D eigenvalue weighted by Gasteiger charge is -2.17. The van der Waals surface area contributed by atoms with Crippen molar-refractivity contribution >= 4 is 28.7 Å². The van der Waals surface area contributed by atoms with Gasteiger partial charge >= 0.3 is 0 Å². The molecule has 2 aromatic heterocycles. The van der Waals surface area contributed by atoms with Gasteiger partial charge in [0.2, 0.25) is 11.9 Å². The van der Waals surface area contributed by atoms with Crippen LogP contribution in [0.25, 0.3) is 11.2 Å². The number of hydrogen-bond acceptors (Lipinski definition) is 5. The highest BCUT2D eigenvalue weighted by molar-refractivity contribution is 5.76. The number of fused-ring (bicyclic) bond motifs is 1. The van der Waals surface area contributed by atoms with Crippen molar-refractivity contribution in [2.75, 3.05) is 17.2 Å². The van der Waals surface area contributed by atoms with Gasteiger partial charge in [0, 0.05) is 12.6 Å². The van der Waals surface area contributed by atoms with Crippen molar-refractivity contribution in [1.82, 2.24) is 19.5 Å². The molecule has 1 aliphatic rings. The summed E-state index contributed by atoms with van der Waals surface area (Å²) in [6.07, 6.45) is 6.27. The van der Waals surface area contributed by atoms with Gasteiger partial charge in [0.1, 0.15) is 11.3 Å². The predicted octanol–water partition coefficient (Wildman–Crippen LogP) is 5.53. The molecule has 0 unspecified atom stereocenters. The first-order valence-electron chi connectivity index (χ1n) is 9.62. The molecule has 3 aromatic rings. The Morgan fingerprint density at radius 1 is 1.18 bits per heavy atom. The summed E-state index contributed by atoms with van der Waals surface area (Å²) >= 11 is 0. The topological polar surface area (TPSA) is 67.7 Å². The average Bonchev–Trinajstić information content (AvgIpc) is 3.28. The van der Waals surface area contributed by atoms with Gasteiger partial charge in [-0.1, -0.05) is 46.2 Å². The normalized spacial score (nSPS) is 14.4. The van der Waals surface area contributed by atoms with Crippen LogP contribution >= 0.6 is 0 Å². The smallest absolute Gasteiger partial charge is 0.224 e. The molecule has 1 saturated carbocycles. The van der Waals surface area contributed by atoms with Crippen molar-refractivity contribution in [3.8, 4) is 0 Å². The van der Waals surface area contributed by atoms with E-state index in [9.17, 15) is 4.39 Å². The molecule has 28 heavy (non-hydrogen) atoms. The van der Waals surface area contributed by atoms with E-state index in [4.69, 9.17) is 4.98 Å². The van der Waals surface area contributed by atoms with Gasteiger partial charge in [0.25, 0.3) is 0 Å². The number of halogens is 1. The molecular weight excluding hydrogens is 355 g/mol. The Morgan fingerprint density at radius 3 is 2.64 bits per heavy atom. The maximum absolute atomic E-state index is 14.1. The summed E-state index contributed by atoms with van der Waals surface area (Å²) < 4.78 is 16.3. The minimum Gasteiger partial charge on any atom is -0.354 e. The minimum absolute atomic E-state index is 0. The summed E-state index contributed by atoms with van der Waals surface area (Å²) in [7, 11) is 0. The van der Waals surface area contributed by atoms with E-state index in [-0.39, 0.29) is 13.2 Å². The molecular formula is C21H29FN6. The molecule has 0 saturated heterocycles. The lowest BCUT2D eigenvalue weighted by Crippen LogP contribution is -2.12. The van der Waals surface area contributed by atoms with Crippen LogP contribution in [-0.4, -0.2) is 26.1 Å². The summed E-state index contributed by atoms with van der Waals surface area (Å²) in [5, 5.41) is 6.44. The zero-order chi connectivity index (χ0) is 18.8. The highest BCUT2D eigenvalue weighted by Crippen LogP contribution is 2.36. The van der Waals surface area contributed by atoms with Crippen molar-refractivity contribution in [2.24, 2.45) is 5.92 Å². The van der Waals surface area contributed by atoms with Crippen molar-refractivity contribution in [2.45, 2.75) is 53.0 Å². The van der Waals surface area contributed by atoms with Gasteiger partial charge in [-0.25, -0.2) is 14.4 Å². The van der Waals surface area contributed by atoms with Gasteiger partial charge < -0.3 is 10.6 Å². The maximum atomic E-state index is 14.1. The number of nitrogens with zero attached hydrogens (tertiary/aromatic N) is 4. The molecule has 2 heterocycles. The number of rotatable bonds is 6. The SMILES string of the molecule is C.CC(C)CNc1ncc2nc(Nc3ccccc3F)n(C3CCCC3)c2n1. The van der Waals surface area contributed by atoms with E-state index in [0.717, 1.165) is 30.6 Å². The van der Waals surface area contributed by atoms with Crippen LogP contribution in [0.5, 0.6) is 0 Å². The summed E-state index contributed by atoms with van der Waals surface area (Å²) in [6.45, 7) is 5.10. The lowest BCUT2D eigenvalue weighted by atomic mass is 10.2. The zero-order valence-corrected chi connectivity index (χ0v) is 15.7. The van der Waals surface area contributed by atoms with Gasteiger partial charge in [-0.05, 0) is 30.9 Å². The van der Waals surface area contributed by atoms with Crippen molar-refractivity contribution in [3.05, 3.63) is 36.3 Å². The van der Waals surface area contributed by atoms with Gasteiger partial charge in [-0.3, -0.25) is 4.57 Å². The maximum Gasteiger partial charge on any atom is 0.224 e.